The van der Waals surface area contributed by atoms with Gasteiger partial charge in [0.05, 0.1) is 39.5 Å². The smallest absolute Gasteiger partial charge is 0.251 e. The largest absolute Gasteiger partial charge is 0.497 e. The van der Waals surface area contributed by atoms with E-state index in [1.807, 2.05) is 18.2 Å². The van der Waals surface area contributed by atoms with E-state index in [1.54, 1.807) is 32.4 Å². The van der Waals surface area contributed by atoms with E-state index in [-0.39, 0.29) is 18.2 Å². The van der Waals surface area contributed by atoms with Gasteiger partial charge in [-0.15, -0.1) is 0 Å². The van der Waals surface area contributed by atoms with Crippen LogP contribution in [0.25, 0.3) is 10.9 Å². The minimum atomic E-state index is -0.507. The van der Waals surface area contributed by atoms with Crippen molar-refractivity contribution in [2.75, 3.05) is 32.8 Å². The molecular formula is C24H25N3O5. The number of amides is 2. The Kier molecular flexibility index (Phi) is 5.01. The molecule has 3 heterocycles. The summed E-state index contributed by atoms with van der Waals surface area (Å²) in [7, 11) is 4.72. The van der Waals surface area contributed by atoms with Gasteiger partial charge in [-0.3, -0.25) is 14.5 Å². The number of carbonyl (C=O) groups excluding carboxylic acids is 2. The van der Waals surface area contributed by atoms with Gasteiger partial charge in [-0.2, -0.15) is 0 Å². The molecule has 2 amide bonds. The van der Waals surface area contributed by atoms with Gasteiger partial charge in [0.25, 0.3) is 5.91 Å². The molecule has 8 heteroatoms. The lowest BCUT2D eigenvalue weighted by atomic mass is 10.0. The van der Waals surface area contributed by atoms with Crippen LogP contribution >= 0.6 is 0 Å². The molecule has 1 saturated heterocycles. The van der Waals surface area contributed by atoms with Crippen LogP contribution in [0.1, 0.15) is 17.7 Å². The van der Waals surface area contributed by atoms with Crippen LogP contribution in [0.15, 0.2) is 36.4 Å². The number of carbonyl (C=O) groups is 2. The molecule has 166 valence electrons. The molecule has 0 aliphatic carbocycles. The van der Waals surface area contributed by atoms with Crippen molar-refractivity contribution in [2.45, 2.75) is 25.4 Å². The van der Waals surface area contributed by atoms with Crippen molar-refractivity contribution in [2.24, 2.45) is 0 Å². The zero-order valence-electron chi connectivity index (χ0n) is 18.3. The summed E-state index contributed by atoms with van der Waals surface area (Å²) in [6.07, 6.45) is 0.936. The summed E-state index contributed by atoms with van der Waals surface area (Å²) in [5.41, 5.74) is 3.80. The van der Waals surface area contributed by atoms with Crippen LogP contribution in [-0.2, 0) is 22.6 Å². The number of ether oxygens (including phenoxy) is 3. The summed E-state index contributed by atoms with van der Waals surface area (Å²) in [5, 5.41) is 1.15. The van der Waals surface area contributed by atoms with Crippen LogP contribution in [0.3, 0.4) is 0 Å². The van der Waals surface area contributed by atoms with E-state index in [4.69, 9.17) is 14.2 Å². The molecule has 1 atom stereocenters. The number of imide groups is 1. The number of nitrogens with zero attached hydrogens (tertiary/aromatic N) is 2. The number of nitrogens with one attached hydrogen (secondary N) is 1. The number of benzene rings is 2. The number of fused-ring (bicyclic) bond motifs is 3. The summed E-state index contributed by atoms with van der Waals surface area (Å²) in [5.74, 6) is 1.36. The third-order valence-corrected chi connectivity index (χ3v) is 6.40. The predicted molar refractivity (Wildman–Crippen MR) is 119 cm³/mol. The van der Waals surface area contributed by atoms with Crippen LogP contribution in [0.2, 0.25) is 0 Å². The van der Waals surface area contributed by atoms with Crippen molar-refractivity contribution in [3.63, 3.8) is 0 Å². The molecule has 32 heavy (non-hydrogen) atoms. The van der Waals surface area contributed by atoms with E-state index in [2.05, 4.69) is 9.88 Å². The SMILES string of the molecule is COc1ccc(OC)c(N2C(=O)C[C@@H](N3CCc4c([nH]c5ccc(OC)cc45)C3)C2=O)c1. The lowest BCUT2D eigenvalue weighted by Gasteiger charge is -2.31. The molecule has 0 saturated carbocycles. The Morgan fingerprint density at radius 1 is 0.969 bits per heavy atom. The molecule has 1 N–H and O–H groups in total. The van der Waals surface area contributed by atoms with Crippen LogP contribution in [0, 0.1) is 0 Å². The second-order valence-corrected chi connectivity index (χ2v) is 8.04. The van der Waals surface area contributed by atoms with Crippen LogP contribution in [0.4, 0.5) is 5.69 Å². The minimum absolute atomic E-state index is 0.141. The van der Waals surface area contributed by atoms with Crippen molar-refractivity contribution in [3.8, 4) is 17.2 Å². The normalized spacial score (nSPS) is 18.8. The highest BCUT2D eigenvalue weighted by Crippen LogP contribution is 2.38. The van der Waals surface area contributed by atoms with E-state index in [0.717, 1.165) is 28.8 Å². The Balaban J connectivity index is 1.43. The molecule has 1 fully saturated rings. The number of anilines is 1. The van der Waals surface area contributed by atoms with Gasteiger partial charge in [-0.25, -0.2) is 4.90 Å². The second-order valence-electron chi connectivity index (χ2n) is 8.04. The molecule has 0 bridgehead atoms. The van der Waals surface area contributed by atoms with E-state index in [1.165, 1.54) is 17.6 Å². The third-order valence-electron chi connectivity index (χ3n) is 6.40. The maximum absolute atomic E-state index is 13.4. The van der Waals surface area contributed by atoms with Gasteiger partial charge in [-0.1, -0.05) is 0 Å². The highest BCUT2D eigenvalue weighted by atomic mass is 16.5. The molecule has 0 unspecified atom stereocenters. The summed E-state index contributed by atoms with van der Waals surface area (Å²) in [6.45, 7) is 1.28. The molecule has 2 aliphatic heterocycles. The molecule has 2 aliphatic rings. The van der Waals surface area contributed by atoms with Gasteiger partial charge in [-0.05, 0) is 42.3 Å². The molecular weight excluding hydrogens is 410 g/mol. The van der Waals surface area contributed by atoms with Crippen LogP contribution in [-0.4, -0.2) is 55.6 Å². The lowest BCUT2D eigenvalue weighted by molar-refractivity contribution is -0.123. The molecule has 0 radical (unpaired) electrons. The Bertz CT molecular complexity index is 1220. The van der Waals surface area contributed by atoms with E-state index in [0.29, 0.717) is 30.3 Å². The van der Waals surface area contributed by atoms with Gasteiger partial charge < -0.3 is 19.2 Å². The molecule has 8 nitrogen and oxygen atoms in total. The van der Waals surface area contributed by atoms with Crippen LogP contribution in [0.5, 0.6) is 17.2 Å². The number of aromatic amines is 1. The fourth-order valence-corrected chi connectivity index (χ4v) is 4.76. The molecule has 1 aromatic heterocycles. The standard InChI is InChI=1S/C24H25N3O5/c1-30-14-4-6-18-17(10-14)16-8-9-26(13-19(16)25-18)21-12-23(28)27(24(21)29)20-11-15(31-2)5-7-22(20)32-3/h4-7,10-11,21,25H,8-9,12-13H2,1-3H3/t21-/m1/s1. The van der Waals surface area contributed by atoms with Crippen molar-refractivity contribution < 1.29 is 23.8 Å². The number of methoxy groups -OCH3 is 3. The van der Waals surface area contributed by atoms with Crippen molar-refractivity contribution in [1.29, 1.82) is 0 Å². The van der Waals surface area contributed by atoms with Gasteiger partial charge in [0.2, 0.25) is 5.91 Å². The number of aromatic nitrogens is 1. The Hall–Kier alpha value is -3.52. The summed E-state index contributed by atoms with van der Waals surface area (Å²) >= 11 is 0. The molecule has 5 rings (SSSR count). The fraction of sp³-hybridized carbons (Fsp3) is 0.333. The Labute approximate surface area is 185 Å². The van der Waals surface area contributed by atoms with Crippen molar-refractivity contribution >= 4 is 28.4 Å². The van der Waals surface area contributed by atoms with E-state index in [9.17, 15) is 9.59 Å². The first-order valence-corrected chi connectivity index (χ1v) is 10.5. The topological polar surface area (TPSA) is 84.1 Å². The maximum Gasteiger partial charge on any atom is 0.251 e. The van der Waals surface area contributed by atoms with Crippen LogP contribution < -0.4 is 19.1 Å². The lowest BCUT2D eigenvalue weighted by Crippen LogP contribution is -2.44. The predicted octanol–water partition coefficient (Wildman–Crippen LogP) is 2.88. The quantitative estimate of drug-likeness (QED) is 0.621. The summed E-state index contributed by atoms with van der Waals surface area (Å²) in [4.78, 5) is 33.1. The molecule has 2 aromatic carbocycles. The number of hydrogen-bond donors (Lipinski definition) is 1. The minimum Gasteiger partial charge on any atom is -0.497 e. The number of rotatable bonds is 5. The van der Waals surface area contributed by atoms with Gasteiger partial charge >= 0.3 is 0 Å². The zero-order valence-corrected chi connectivity index (χ0v) is 18.3. The highest BCUT2D eigenvalue weighted by molar-refractivity contribution is 6.23. The molecule has 0 spiro atoms. The van der Waals surface area contributed by atoms with E-state index < -0.39 is 6.04 Å². The first kappa shape index (κ1) is 20.4. The van der Waals surface area contributed by atoms with Gasteiger partial charge in [0.1, 0.15) is 17.2 Å². The number of hydrogen-bond acceptors (Lipinski definition) is 6. The van der Waals surface area contributed by atoms with Crippen molar-refractivity contribution in [1.82, 2.24) is 9.88 Å². The fourth-order valence-electron chi connectivity index (χ4n) is 4.76. The first-order chi connectivity index (χ1) is 15.5. The van der Waals surface area contributed by atoms with Gasteiger partial charge in [0.15, 0.2) is 0 Å². The average Bonchev–Trinajstić information content (AvgIpc) is 3.33. The average molecular weight is 435 g/mol. The van der Waals surface area contributed by atoms with Crippen molar-refractivity contribution in [3.05, 3.63) is 47.7 Å². The second kappa shape index (κ2) is 7.87. The third kappa shape index (κ3) is 3.18. The van der Waals surface area contributed by atoms with Gasteiger partial charge in [0, 0.05) is 35.8 Å². The molecule has 3 aromatic rings. The Morgan fingerprint density at radius 3 is 2.47 bits per heavy atom. The number of H-pyrrole nitrogens is 1. The summed E-state index contributed by atoms with van der Waals surface area (Å²) in [6, 6.07) is 10.6. The monoisotopic (exact) mass is 435 g/mol. The zero-order chi connectivity index (χ0) is 22.4. The maximum atomic E-state index is 13.4. The Morgan fingerprint density at radius 2 is 1.72 bits per heavy atom. The first-order valence-electron chi connectivity index (χ1n) is 10.5. The van der Waals surface area contributed by atoms with E-state index >= 15 is 0 Å². The summed E-state index contributed by atoms with van der Waals surface area (Å²) < 4.78 is 16.1. The highest BCUT2D eigenvalue weighted by Gasteiger charge is 2.44.